The third kappa shape index (κ3) is 8.58. The average Bonchev–Trinajstić information content (AvgIpc) is 2.49. The van der Waals surface area contributed by atoms with E-state index in [0.29, 0.717) is 25.2 Å². The number of rotatable bonds is 2. The van der Waals surface area contributed by atoms with E-state index in [1.54, 1.807) is 19.9 Å². The summed E-state index contributed by atoms with van der Waals surface area (Å²) < 4.78 is 5.38. The molecule has 0 heterocycles. The highest BCUT2D eigenvalue weighted by atomic mass is 16.5. The maximum atomic E-state index is 11.5. The zero-order valence-corrected chi connectivity index (χ0v) is 17.7. The van der Waals surface area contributed by atoms with Crippen molar-refractivity contribution >= 4 is 5.97 Å². The summed E-state index contributed by atoms with van der Waals surface area (Å²) >= 11 is 0. The van der Waals surface area contributed by atoms with Crippen LogP contribution in [0.4, 0.5) is 0 Å². The lowest BCUT2D eigenvalue weighted by Crippen LogP contribution is -2.40. The van der Waals surface area contributed by atoms with Crippen LogP contribution in [0, 0.1) is 11.8 Å². The summed E-state index contributed by atoms with van der Waals surface area (Å²) in [6.07, 6.45) is 6.72. The van der Waals surface area contributed by atoms with Gasteiger partial charge in [-0.15, -0.1) is 0 Å². The lowest BCUT2D eigenvalue weighted by Gasteiger charge is -2.32. The van der Waals surface area contributed by atoms with Gasteiger partial charge in [0.25, 0.3) is 0 Å². The van der Waals surface area contributed by atoms with E-state index in [9.17, 15) is 20.1 Å². The number of hydrogen-bond donors (Lipinski definition) is 3. The van der Waals surface area contributed by atoms with Crippen LogP contribution in [0.15, 0.2) is 23.8 Å². The SMILES string of the molecule is CC(=O)O[C@H]1/C=C(\C)CC[C@H](O)[C@@](C)(O)CC[C@@H](C(C)C)/C=C/[C@@](C)(O)C1. The number of esters is 1. The first-order chi connectivity index (χ1) is 12.3. The van der Waals surface area contributed by atoms with E-state index in [2.05, 4.69) is 13.8 Å². The number of aliphatic hydroxyl groups excluding tert-OH is 1. The molecule has 0 aromatic rings. The molecule has 156 valence electrons. The zero-order chi connectivity index (χ0) is 20.8. The molecular weight excluding hydrogens is 344 g/mol. The fourth-order valence-corrected chi connectivity index (χ4v) is 3.51. The van der Waals surface area contributed by atoms with Crippen molar-refractivity contribution in [2.75, 3.05) is 0 Å². The van der Waals surface area contributed by atoms with Crippen molar-refractivity contribution < 1.29 is 24.9 Å². The van der Waals surface area contributed by atoms with Gasteiger partial charge in [-0.1, -0.05) is 31.6 Å². The maximum absolute atomic E-state index is 11.5. The molecule has 0 aliphatic heterocycles. The van der Waals surface area contributed by atoms with Crippen LogP contribution in [0.5, 0.6) is 0 Å². The molecule has 0 fully saturated rings. The quantitative estimate of drug-likeness (QED) is 0.502. The molecule has 1 aliphatic rings. The van der Waals surface area contributed by atoms with Gasteiger partial charge < -0.3 is 20.1 Å². The molecule has 5 heteroatoms. The highest BCUT2D eigenvalue weighted by Gasteiger charge is 2.32. The van der Waals surface area contributed by atoms with Crippen LogP contribution in [0.25, 0.3) is 0 Å². The van der Waals surface area contributed by atoms with Gasteiger partial charge in [-0.25, -0.2) is 0 Å². The van der Waals surface area contributed by atoms with Gasteiger partial charge in [0.05, 0.1) is 17.3 Å². The van der Waals surface area contributed by atoms with Crippen molar-refractivity contribution in [1.29, 1.82) is 0 Å². The van der Waals surface area contributed by atoms with Crippen LogP contribution in [-0.2, 0) is 9.53 Å². The number of hydrogen-bond acceptors (Lipinski definition) is 5. The minimum Gasteiger partial charge on any atom is -0.458 e. The Labute approximate surface area is 164 Å². The Bertz CT molecular complexity index is 545. The van der Waals surface area contributed by atoms with E-state index in [1.807, 2.05) is 19.1 Å². The Kier molecular flexibility index (Phi) is 8.71. The van der Waals surface area contributed by atoms with Gasteiger partial charge >= 0.3 is 5.97 Å². The Morgan fingerprint density at radius 3 is 2.44 bits per heavy atom. The van der Waals surface area contributed by atoms with E-state index in [4.69, 9.17) is 4.74 Å². The second-order valence-corrected chi connectivity index (χ2v) is 8.94. The normalized spacial score (nSPS) is 39.9. The molecule has 1 aliphatic carbocycles. The predicted octanol–water partition coefficient (Wildman–Crippen LogP) is 3.52. The number of carbonyl (C=O) groups is 1. The standard InChI is InChI=1S/C22H38O5/c1-15(2)18-9-11-21(5,25)14-19(27-17(4)23)13-16(3)7-8-20(24)22(6,26)12-10-18/h9,11,13,15,18-20,24-26H,7-8,10,12,14H2,1-6H3/b11-9+,16-13+/t18-,19-,20-,21+,22-/m0/s1. The van der Waals surface area contributed by atoms with E-state index < -0.39 is 29.4 Å². The van der Waals surface area contributed by atoms with Crippen LogP contribution in [0.1, 0.15) is 73.6 Å². The molecule has 27 heavy (non-hydrogen) atoms. The van der Waals surface area contributed by atoms with Gasteiger partial charge in [0, 0.05) is 13.3 Å². The third-order valence-corrected chi connectivity index (χ3v) is 5.47. The van der Waals surface area contributed by atoms with Gasteiger partial charge in [0.1, 0.15) is 6.10 Å². The number of allylic oxidation sites excluding steroid dienone is 2. The minimum absolute atomic E-state index is 0.169. The Morgan fingerprint density at radius 2 is 1.89 bits per heavy atom. The second-order valence-electron chi connectivity index (χ2n) is 8.94. The van der Waals surface area contributed by atoms with Gasteiger partial charge in [-0.2, -0.15) is 0 Å². The average molecular weight is 383 g/mol. The molecule has 0 aromatic carbocycles. The van der Waals surface area contributed by atoms with Crippen LogP contribution in [-0.4, -0.2) is 44.7 Å². The minimum atomic E-state index is -1.16. The summed E-state index contributed by atoms with van der Waals surface area (Å²) in [4.78, 5) is 11.5. The van der Waals surface area contributed by atoms with Crippen LogP contribution < -0.4 is 0 Å². The molecule has 1 rings (SSSR count). The summed E-state index contributed by atoms with van der Waals surface area (Å²) in [6.45, 7) is 10.9. The van der Waals surface area contributed by atoms with Crippen molar-refractivity contribution in [2.24, 2.45) is 11.8 Å². The van der Waals surface area contributed by atoms with Gasteiger partial charge in [-0.05, 0) is 64.4 Å². The van der Waals surface area contributed by atoms with Crippen molar-refractivity contribution in [2.45, 2.75) is 97.1 Å². The molecule has 5 nitrogen and oxygen atoms in total. The van der Waals surface area contributed by atoms with Gasteiger partial charge in [0.15, 0.2) is 0 Å². The van der Waals surface area contributed by atoms with Gasteiger partial charge in [0.2, 0.25) is 0 Å². The largest absolute Gasteiger partial charge is 0.458 e. The topological polar surface area (TPSA) is 87.0 Å². The smallest absolute Gasteiger partial charge is 0.303 e. The van der Waals surface area contributed by atoms with E-state index in [0.717, 1.165) is 12.0 Å². The highest BCUT2D eigenvalue weighted by Crippen LogP contribution is 2.29. The van der Waals surface area contributed by atoms with Crippen LogP contribution in [0.3, 0.4) is 0 Å². The van der Waals surface area contributed by atoms with Crippen molar-refractivity contribution in [3.05, 3.63) is 23.8 Å². The highest BCUT2D eigenvalue weighted by molar-refractivity contribution is 5.66. The molecular formula is C22H38O5. The summed E-state index contributed by atoms with van der Waals surface area (Å²) in [6, 6.07) is 0. The second kappa shape index (κ2) is 9.85. The maximum Gasteiger partial charge on any atom is 0.303 e. The summed E-state index contributed by atoms with van der Waals surface area (Å²) in [5.74, 6) is 0.111. The fourth-order valence-electron chi connectivity index (χ4n) is 3.51. The molecule has 3 N–H and O–H groups in total. The lowest BCUT2D eigenvalue weighted by atomic mass is 9.82. The Balaban J connectivity index is 3.18. The van der Waals surface area contributed by atoms with Crippen molar-refractivity contribution in [1.82, 2.24) is 0 Å². The fraction of sp³-hybridized carbons (Fsp3) is 0.773. The molecule has 0 radical (unpaired) electrons. The Morgan fingerprint density at radius 1 is 1.26 bits per heavy atom. The van der Waals surface area contributed by atoms with E-state index >= 15 is 0 Å². The molecule has 5 atom stereocenters. The molecule has 0 aromatic heterocycles. The molecule has 0 bridgehead atoms. The van der Waals surface area contributed by atoms with E-state index in [-0.39, 0.29) is 12.3 Å². The van der Waals surface area contributed by atoms with Gasteiger partial charge in [-0.3, -0.25) is 4.79 Å². The lowest BCUT2D eigenvalue weighted by molar-refractivity contribution is -0.145. The monoisotopic (exact) mass is 382 g/mol. The zero-order valence-electron chi connectivity index (χ0n) is 17.7. The van der Waals surface area contributed by atoms with E-state index in [1.165, 1.54) is 6.92 Å². The summed E-state index contributed by atoms with van der Waals surface area (Å²) in [5.41, 5.74) is -1.33. The molecule has 0 spiro atoms. The molecule has 0 saturated heterocycles. The van der Waals surface area contributed by atoms with Crippen LogP contribution >= 0.6 is 0 Å². The Hall–Kier alpha value is -1.17. The first-order valence-corrected chi connectivity index (χ1v) is 9.99. The van der Waals surface area contributed by atoms with Crippen LogP contribution in [0.2, 0.25) is 0 Å². The number of aliphatic hydroxyl groups is 3. The number of ether oxygens (including phenoxy) is 1. The van der Waals surface area contributed by atoms with Crippen molar-refractivity contribution in [3.8, 4) is 0 Å². The number of carbonyl (C=O) groups excluding carboxylic acids is 1. The molecule has 0 saturated carbocycles. The summed E-state index contributed by atoms with van der Waals surface area (Å²) in [5, 5.41) is 32.0. The summed E-state index contributed by atoms with van der Waals surface area (Å²) in [7, 11) is 0. The van der Waals surface area contributed by atoms with Crippen molar-refractivity contribution in [3.63, 3.8) is 0 Å². The predicted molar refractivity (Wildman–Crippen MR) is 107 cm³/mol. The molecule has 0 amide bonds. The third-order valence-electron chi connectivity index (χ3n) is 5.47. The first-order valence-electron chi connectivity index (χ1n) is 9.99. The molecule has 0 unspecified atom stereocenters. The first kappa shape index (κ1) is 23.9.